The van der Waals surface area contributed by atoms with Gasteiger partial charge in [-0.2, -0.15) is 0 Å². The molecule has 1 rings (SSSR count). The lowest BCUT2D eigenvalue weighted by Gasteiger charge is -2.25. The molecule has 0 radical (unpaired) electrons. The fourth-order valence-corrected chi connectivity index (χ4v) is 2.01. The summed E-state index contributed by atoms with van der Waals surface area (Å²) in [5, 5.41) is 0. The quantitative estimate of drug-likeness (QED) is 0.820. The molecule has 0 fully saturated rings. The van der Waals surface area contributed by atoms with Gasteiger partial charge in [0.15, 0.2) is 0 Å². The van der Waals surface area contributed by atoms with E-state index in [0.29, 0.717) is 5.82 Å². The molecule has 0 aliphatic carbocycles. The van der Waals surface area contributed by atoms with Gasteiger partial charge in [0, 0.05) is 38.9 Å². The maximum absolute atomic E-state index is 5.93. The lowest BCUT2D eigenvalue weighted by molar-refractivity contribution is 0.590. The van der Waals surface area contributed by atoms with Gasteiger partial charge >= 0.3 is 0 Å². The van der Waals surface area contributed by atoms with E-state index in [2.05, 4.69) is 36.4 Å². The van der Waals surface area contributed by atoms with Crippen LogP contribution < -0.4 is 10.6 Å². The first-order valence-electron chi connectivity index (χ1n) is 6.88. The van der Waals surface area contributed by atoms with Crippen LogP contribution in [-0.4, -0.2) is 37.1 Å². The number of nitrogens with zero attached hydrogens (tertiary/aromatic N) is 3. The van der Waals surface area contributed by atoms with E-state index in [4.69, 9.17) is 5.73 Å². The van der Waals surface area contributed by atoms with Crippen molar-refractivity contribution in [3.05, 3.63) is 24.4 Å². The van der Waals surface area contributed by atoms with Crippen LogP contribution in [0.15, 0.2) is 18.7 Å². The van der Waals surface area contributed by atoms with Crippen LogP contribution in [0, 0.1) is 0 Å². The van der Waals surface area contributed by atoms with Gasteiger partial charge in [0.25, 0.3) is 0 Å². The van der Waals surface area contributed by atoms with Crippen LogP contribution in [0.2, 0.25) is 0 Å². The van der Waals surface area contributed by atoms with Crippen molar-refractivity contribution in [2.24, 2.45) is 0 Å². The largest absolute Gasteiger partial charge is 0.384 e. The van der Waals surface area contributed by atoms with Crippen molar-refractivity contribution in [3.8, 4) is 0 Å². The van der Waals surface area contributed by atoms with Crippen molar-refractivity contribution >= 4 is 17.2 Å². The average molecular weight is 262 g/mol. The number of hydrogen-bond donors (Lipinski definition) is 1. The Hall–Kier alpha value is -1.71. The molecule has 1 aromatic rings. The van der Waals surface area contributed by atoms with Crippen LogP contribution in [0.1, 0.15) is 32.4 Å². The summed E-state index contributed by atoms with van der Waals surface area (Å²) >= 11 is 0. The Morgan fingerprint density at radius 2 is 1.79 bits per heavy atom. The number of rotatable bonds is 7. The number of hydrogen-bond acceptors (Lipinski definition) is 4. The molecular formula is C15H26N4. The van der Waals surface area contributed by atoms with Crippen molar-refractivity contribution in [1.29, 1.82) is 0 Å². The molecule has 0 aromatic carbocycles. The molecule has 2 N–H and O–H groups in total. The Morgan fingerprint density at radius 1 is 1.21 bits per heavy atom. The molecule has 0 unspecified atom stereocenters. The molecule has 106 valence electrons. The van der Waals surface area contributed by atoms with E-state index < -0.39 is 0 Å². The minimum atomic E-state index is 0.549. The van der Waals surface area contributed by atoms with Crippen molar-refractivity contribution in [2.75, 3.05) is 37.8 Å². The number of nitrogen functional groups attached to an aromatic ring is 1. The Labute approximate surface area is 116 Å². The molecule has 4 heteroatoms. The van der Waals surface area contributed by atoms with Crippen LogP contribution in [0.25, 0.3) is 5.70 Å². The molecule has 0 aliphatic rings. The van der Waals surface area contributed by atoms with E-state index in [1.54, 1.807) is 0 Å². The monoisotopic (exact) mass is 262 g/mol. The van der Waals surface area contributed by atoms with Gasteiger partial charge in [0.1, 0.15) is 5.82 Å². The normalized spacial score (nSPS) is 10.3. The third-order valence-electron chi connectivity index (χ3n) is 3.02. The maximum Gasteiger partial charge on any atom is 0.126 e. The van der Waals surface area contributed by atoms with Gasteiger partial charge in [-0.25, -0.2) is 4.98 Å². The Morgan fingerprint density at radius 3 is 2.26 bits per heavy atom. The SMILES string of the molecule is C=C(c1cc(N(CCC)CCC)cc(N)n1)N(C)C. The van der Waals surface area contributed by atoms with Crippen molar-refractivity contribution in [1.82, 2.24) is 9.88 Å². The molecule has 0 spiro atoms. The second-order valence-corrected chi connectivity index (χ2v) is 4.96. The lowest BCUT2D eigenvalue weighted by Crippen LogP contribution is -2.25. The molecule has 1 heterocycles. The molecule has 1 aromatic heterocycles. The highest BCUT2D eigenvalue weighted by atomic mass is 15.1. The van der Waals surface area contributed by atoms with Gasteiger partial charge in [-0.3, -0.25) is 0 Å². The lowest BCUT2D eigenvalue weighted by atomic mass is 10.2. The minimum absolute atomic E-state index is 0.549. The Balaban J connectivity index is 3.09. The van der Waals surface area contributed by atoms with Crippen LogP contribution in [0.3, 0.4) is 0 Å². The first-order valence-corrected chi connectivity index (χ1v) is 6.88. The summed E-state index contributed by atoms with van der Waals surface area (Å²) in [6.07, 6.45) is 2.23. The Bertz CT molecular complexity index is 420. The molecule has 0 bridgehead atoms. The Kier molecular flexibility index (Phi) is 5.67. The standard InChI is InChI=1S/C15H26N4/c1-6-8-19(9-7-2)13-10-14(12(3)18(4)5)17-15(16)11-13/h10-11H,3,6-9H2,1-2,4-5H3,(H2,16,17). The first kappa shape index (κ1) is 15.3. The van der Waals surface area contributed by atoms with E-state index in [1.807, 2.05) is 25.1 Å². The summed E-state index contributed by atoms with van der Waals surface area (Å²) in [7, 11) is 3.92. The highest BCUT2D eigenvalue weighted by molar-refractivity contribution is 5.66. The van der Waals surface area contributed by atoms with Crippen molar-refractivity contribution in [3.63, 3.8) is 0 Å². The maximum atomic E-state index is 5.93. The number of nitrogens with two attached hydrogens (primary N) is 1. The number of anilines is 2. The molecule has 0 aliphatic heterocycles. The van der Waals surface area contributed by atoms with E-state index in [-0.39, 0.29) is 0 Å². The summed E-state index contributed by atoms with van der Waals surface area (Å²) in [6.45, 7) is 10.5. The number of pyridine rings is 1. The fraction of sp³-hybridized carbons (Fsp3) is 0.533. The van der Waals surface area contributed by atoms with Gasteiger partial charge in [0.2, 0.25) is 0 Å². The van der Waals surface area contributed by atoms with Crippen LogP contribution in [-0.2, 0) is 0 Å². The molecule has 0 amide bonds. The highest BCUT2D eigenvalue weighted by Crippen LogP contribution is 2.23. The molecule has 0 atom stereocenters. The third kappa shape index (κ3) is 4.16. The van der Waals surface area contributed by atoms with Gasteiger partial charge in [-0.1, -0.05) is 20.4 Å². The van der Waals surface area contributed by atoms with Crippen molar-refractivity contribution in [2.45, 2.75) is 26.7 Å². The van der Waals surface area contributed by atoms with Gasteiger partial charge < -0.3 is 15.5 Å². The summed E-state index contributed by atoms with van der Waals surface area (Å²) < 4.78 is 0. The summed E-state index contributed by atoms with van der Waals surface area (Å²) in [5.74, 6) is 0.549. The zero-order valence-electron chi connectivity index (χ0n) is 12.6. The van der Waals surface area contributed by atoms with Gasteiger partial charge in [-0.15, -0.1) is 0 Å². The average Bonchev–Trinajstić information content (AvgIpc) is 2.36. The van der Waals surface area contributed by atoms with Crippen LogP contribution in [0.4, 0.5) is 11.5 Å². The zero-order valence-corrected chi connectivity index (χ0v) is 12.6. The molecule has 4 nitrogen and oxygen atoms in total. The molecule has 19 heavy (non-hydrogen) atoms. The second-order valence-electron chi connectivity index (χ2n) is 4.96. The summed E-state index contributed by atoms with van der Waals surface area (Å²) in [4.78, 5) is 8.67. The van der Waals surface area contributed by atoms with Crippen LogP contribution >= 0.6 is 0 Å². The van der Waals surface area contributed by atoms with Crippen LogP contribution in [0.5, 0.6) is 0 Å². The molecular weight excluding hydrogens is 236 g/mol. The third-order valence-corrected chi connectivity index (χ3v) is 3.02. The zero-order chi connectivity index (χ0) is 14.4. The first-order chi connectivity index (χ1) is 8.99. The van der Waals surface area contributed by atoms with E-state index >= 15 is 0 Å². The molecule has 0 saturated heterocycles. The van der Waals surface area contributed by atoms with Gasteiger partial charge in [0.05, 0.1) is 11.4 Å². The fourth-order valence-electron chi connectivity index (χ4n) is 2.01. The minimum Gasteiger partial charge on any atom is -0.384 e. The topological polar surface area (TPSA) is 45.4 Å². The van der Waals surface area contributed by atoms with E-state index in [1.165, 1.54) is 0 Å². The summed E-state index contributed by atoms with van der Waals surface area (Å²) in [6, 6.07) is 4.02. The van der Waals surface area contributed by atoms with Crippen molar-refractivity contribution < 1.29 is 0 Å². The highest BCUT2D eigenvalue weighted by Gasteiger charge is 2.10. The van der Waals surface area contributed by atoms with E-state index in [0.717, 1.165) is 43.0 Å². The van der Waals surface area contributed by atoms with E-state index in [9.17, 15) is 0 Å². The smallest absolute Gasteiger partial charge is 0.126 e. The second kappa shape index (κ2) is 7.02. The predicted molar refractivity (Wildman–Crippen MR) is 84.2 cm³/mol. The number of aromatic nitrogens is 1. The van der Waals surface area contributed by atoms with Gasteiger partial charge in [-0.05, 0) is 18.9 Å². The predicted octanol–water partition coefficient (Wildman–Crippen LogP) is 2.82. The summed E-state index contributed by atoms with van der Waals surface area (Å²) in [5.41, 5.74) is 8.78. The molecule has 0 saturated carbocycles.